The Morgan fingerprint density at radius 2 is 1.82 bits per heavy atom. The molecule has 0 fully saturated rings. The number of aromatic nitrogens is 3. The summed E-state index contributed by atoms with van der Waals surface area (Å²) in [4.78, 5) is 16.6. The molecule has 2 aromatic carbocycles. The van der Waals surface area contributed by atoms with E-state index < -0.39 is 6.04 Å². The predicted octanol–water partition coefficient (Wildman–Crippen LogP) is 3.16. The maximum Gasteiger partial charge on any atom is 0.253 e. The van der Waals surface area contributed by atoms with E-state index in [1.165, 1.54) is 17.3 Å². The minimum atomic E-state index is -0.611. The second-order valence-corrected chi connectivity index (χ2v) is 5.12. The molecule has 0 aliphatic heterocycles. The molecule has 1 amide bonds. The summed E-state index contributed by atoms with van der Waals surface area (Å²) in [6.07, 6.45) is 2.92. The molecule has 5 nitrogen and oxygen atoms in total. The van der Waals surface area contributed by atoms with Gasteiger partial charge >= 0.3 is 0 Å². The summed E-state index contributed by atoms with van der Waals surface area (Å²) in [6, 6.07) is 15.8. The van der Waals surface area contributed by atoms with E-state index in [1.54, 1.807) is 24.3 Å². The van der Waals surface area contributed by atoms with Crippen molar-refractivity contribution in [1.82, 2.24) is 14.8 Å². The zero-order chi connectivity index (χ0) is 15.4. The van der Waals surface area contributed by atoms with Crippen LogP contribution in [0.15, 0.2) is 67.3 Å². The van der Waals surface area contributed by atoms with E-state index >= 15 is 0 Å². The Balaban J connectivity index is 1.92. The number of halogens is 1. The molecule has 0 spiro atoms. The molecular weight excluding hydrogens is 300 g/mol. The van der Waals surface area contributed by atoms with E-state index in [2.05, 4.69) is 15.4 Å². The van der Waals surface area contributed by atoms with E-state index in [0.29, 0.717) is 5.02 Å². The zero-order valence-corrected chi connectivity index (χ0v) is 12.3. The summed E-state index contributed by atoms with van der Waals surface area (Å²) in [5, 5.41) is 7.59. The normalized spacial score (nSPS) is 11.9. The zero-order valence-electron chi connectivity index (χ0n) is 11.6. The van der Waals surface area contributed by atoms with E-state index in [-0.39, 0.29) is 5.91 Å². The second kappa shape index (κ2) is 6.41. The molecule has 0 saturated heterocycles. The fourth-order valence-electron chi connectivity index (χ4n) is 2.15. The molecule has 0 saturated carbocycles. The number of nitrogens with one attached hydrogen (secondary N) is 1. The number of hydrogen-bond donors (Lipinski definition) is 1. The van der Waals surface area contributed by atoms with Gasteiger partial charge in [0.25, 0.3) is 5.91 Å². The van der Waals surface area contributed by atoms with Gasteiger partial charge in [-0.1, -0.05) is 41.9 Å². The Bertz CT molecular complexity index is 742. The van der Waals surface area contributed by atoms with Crippen LogP contribution in [0.2, 0.25) is 5.02 Å². The third-order valence-electron chi connectivity index (χ3n) is 3.18. The molecular formula is C16H13ClN4O. The summed E-state index contributed by atoms with van der Waals surface area (Å²) < 4.78 is 1.52. The molecule has 22 heavy (non-hydrogen) atoms. The van der Waals surface area contributed by atoms with Crippen LogP contribution in [0.4, 0.5) is 5.69 Å². The summed E-state index contributed by atoms with van der Waals surface area (Å²) >= 11 is 5.92. The third kappa shape index (κ3) is 3.15. The van der Waals surface area contributed by atoms with Gasteiger partial charge in [-0.3, -0.25) is 4.79 Å². The highest BCUT2D eigenvalue weighted by Gasteiger charge is 2.23. The van der Waals surface area contributed by atoms with Gasteiger partial charge in [-0.2, -0.15) is 5.10 Å². The van der Waals surface area contributed by atoms with Crippen LogP contribution in [0.25, 0.3) is 0 Å². The first-order valence-electron chi connectivity index (χ1n) is 6.69. The first-order chi connectivity index (χ1) is 10.7. The summed E-state index contributed by atoms with van der Waals surface area (Å²) in [6.45, 7) is 0. The smallest absolute Gasteiger partial charge is 0.253 e. The van der Waals surface area contributed by atoms with Crippen molar-refractivity contribution in [2.75, 3.05) is 5.32 Å². The first-order valence-corrected chi connectivity index (χ1v) is 7.07. The van der Waals surface area contributed by atoms with Gasteiger partial charge in [0.1, 0.15) is 12.7 Å². The SMILES string of the molecule is O=C(Nc1ccccc1)C(c1ccc(Cl)cc1)n1cncn1. The summed E-state index contributed by atoms with van der Waals surface area (Å²) in [5.74, 6) is -0.195. The number of rotatable bonds is 4. The van der Waals surface area contributed by atoms with Gasteiger partial charge in [0.05, 0.1) is 0 Å². The molecule has 6 heteroatoms. The van der Waals surface area contributed by atoms with Crippen LogP contribution in [-0.4, -0.2) is 20.7 Å². The van der Waals surface area contributed by atoms with Gasteiger partial charge in [-0.25, -0.2) is 9.67 Å². The number of carbonyl (C=O) groups is 1. The van der Waals surface area contributed by atoms with Gasteiger partial charge < -0.3 is 5.32 Å². The third-order valence-corrected chi connectivity index (χ3v) is 3.43. The monoisotopic (exact) mass is 312 g/mol. The van der Waals surface area contributed by atoms with Crippen molar-refractivity contribution in [3.05, 3.63) is 77.8 Å². The van der Waals surface area contributed by atoms with Gasteiger partial charge in [0, 0.05) is 10.7 Å². The quantitative estimate of drug-likeness (QED) is 0.805. The van der Waals surface area contributed by atoms with Crippen LogP contribution in [0, 0.1) is 0 Å². The van der Waals surface area contributed by atoms with Gasteiger partial charge in [-0.05, 0) is 29.8 Å². The molecule has 1 aromatic heterocycles. The Hall–Kier alpha value is -2.66. The molecule has 3 rings (SSSR count). The van der Waals surface area contributed by atoms with Gasteiger partial charge in [0.2, 0.25) is 0 Å². The summed E-state index contributed by atoms with van der Waals surface area (Å²) in [5.41, 5.74) is 1.51. The molecule has 0 aliphatic rings. The van der Waals surface area contributed by atoms with Gasteiger partial charge in [-0.15, -0.1) is 0 Å². The predicted molar refractivity (Wildman–Crippen MR) is 84.7 cm³/mol. The Morgan fingerprint density at radius 3 is 2.45 bits per heavy atom. The molecule has 3 aromatic rings. The van der Waals surface area contributed by atoms with E-state index in [1.807, 2.05) is 30.3 Å². The standard InChI is InChI=1S/C16H13ClN4O/c17-13-8-6-12(7-9-13)15(21-11-18-10-19-21)16(22)20-14-4-2-1-3-5-14/h1-11,15H,(H,20,22). The molecule has 0 radical (unpaired) electrons. The Labute approximate surface area is 132 Å². The van der Waals surface area contributed by atoms with Crippen molar-refractivity contribution in [2.45, 2.75) is 6.04 Å². The van der Waals surface area contributed by atoms with Crippen molar-refractivity contribution in [3.63, 3.8) is 0 Å². The Morgan fingerprint density at radius 1 is 1.09 bits per heavy atom. The number of para-hydroxylation sites is 1. The van der Waals surface area contributed by atoms with Crippen LogP contribution >= 0.6 is 11.6 Å². The highest BCUT2D eigenvalue weighted by Crippen LogP contribution is 2.21. The van der Waals surface area contributed by atoms with Crippen LogP contribution in [0.1, 0.15) is 11.6 Å². The molecule has 1 atom stereocenters. The van der Waals surface area contributed by atoms with Crippen molar-refractivity contribution < 1.29 is 4.79 Å². The van der Waals surface area contributed by atoms with Crippen LogP contribution < -0.4 is 5.32 Å². The molecule has 0 aliphatic carbocycles. The van der Waals surface area contributed by atoms with E-state index in [0.717, 1.165) is 11.3 Å². The first kappa shape index (κ1) is 14.3. The lowest BCUT2D eigenvalue weighted by atomic mass is 10.1. The van der Waals surface area contributed by atoms with Crippen LogP contribution in [0.3, 0.4) is 0 Å². The number of carbonyl (C=O) groups excluding carboxylic acids is 1. The lowest BCUT2D eigenvalue weighted by molar-refractivity contribution is -0.118. The average Bonchev–Trinajstić information content (AvgIpc) is 3.04. The summed E-state index contributed by atoms with van der Waals surface area (Å²) in [7, 11) is 0. The lowest BCUT2D eigenvalue weighted by Crippen LogP contribution is -2.27. The fourth-order valence-corrected chi connectivity index (χ4v) is 2.28. The topological polar surface area (TPSA) is 59.8 Å². The van der Waals surface area contributed by atoms with Crippen molar-refractivity contribution in [1.29, 1.82) is 0 Å². The number of amides is 1. The molecule has 0 bridgehead atoms. The minimum absolute atomic E-state index is 0.195. The number of nitrogens with zero attached hydrogens (tertiary/aromatic N) is 3. The highest BCUT2D eigenvalue weighted by molar-refractivity contribution is 6.30. The maximum atomic E-state index is 12.7. The van der Waals surface area contributed by atoms with E-state index in [4.69, 9.17) is 11.6 Å². The van der Waals surface area contributed by atoms with Crippen molar-refractivity contribution in [2.24, 2.45) is 0 Å². The highest BCUT2D eigenvalue weighted by atomic mass is 35.5. The molecule has 110 valence electrons. The average molecular weight is 313 g/mol. The molecule has 1 unspecified atom stereocenters. The minimum Gasteiger partial charge on any atom is -0.324 e. The lowest BCUT2D eigenvalue weighted by Gasteiger charge is -2.17. The largest absolute Gasteiger partial charge is 0.324 e. The molecule has 1 heterocycles. The number of benzene rings is 2. The number of hydrogen-bond acceptors (Lipinski definition) is 3. The van der Waals surface area contributed by atoms with Crippen LogP contribution in [-0.2, 0) is 4.79 Å². The fraction of sp³-hybridized carbons (Fsp3) is 0.0625. The van der Waals surface area contributed by atoms with Crippen molar-refractivity contribution >= 4 is 23.2 Å². The Kier molecular flexibility index (Phi) is 4.16. The molecule has 1 N–H and O–H groups in total. The van der Waals surface area contributed by atoms with Gasteiger partial charge in [0.15, 0.2) is 6.04 Å². The second-order valence-electron chi connectivity index (χ2n) is 4.68. The number of anilines is 1. The van der Waals surface area contributed by atoms with E-state index in [9.17, 15) is 4.79 Å². The van der Waals surface area contributed by atoms with Crippen molar-refractivity contribution in [3.8, 4) is 0 Å². The maximum absolute atomic E-state index is 12.7. The van der Waals surface area contributed by atoms with Crippen LogP contribution in [0.5, 0.6) is 0 Å².